The molecule has 130 valence electrons. The lowest BCUT2D eigenvalue weighted by Gasteiger charge is -2.03. The molecule has 0 aliphatic carbocycles. The topological polar surface area (TPSA) is 42.2 Å². The zero-order chi connectivity index (χ0) is 16.4. The third-order valence-electron chi connectivity index (χ3n) is 3.86. The molecule has 7 heteroatoms. The van der Waals surface area contributed by atoms with E-state index in [0.29, 0.717) is 0 Å². The number of thiazole rings is 2. The predicted octanol–water partition coefficient (Wildman–Crippen LogP) is 5.66. The van der Waals surface area contributed by atoms with Crippen molar-refractivity contribution < 1.29 is 0 Å². The first-order valence-electron chi connectivity index (χ1n) is 8.09. The van der Waals surface area contributed by atoms with Crippen molar-refractivity contribution in [3.8, 4) is 0 Å². The second-order valence-electron chi connectivity index (χ2n) is 5.57. The van der Waals surface area contributed by atoms with Crippen LogP contribution in [0.2, 0.25) is 0 Å². The Bertz CT molecular complexity index is 1010. The van der Waals surface area contributed by atoms with E-state index in [4.69, 9.17) is 0 Å². The van der Waals surface area contributed by atoms with Crippen LogP contribution in [0.25, 0.3) is 20.4 Å². The Balaban J connectivity index is 0.00000182. The normalized spacial score (nSPS) is 11.8. The van der Waals surface area contributed by atoms with Crippen molar-refractivity contribution in [3.05, 3.63) is 53.3 Å². The maximum atomic E-state index is 4.64. The van der Waals surface area contributed by atoms with E-state index in [0.717, 1.165) is 28.4 Å². The van der Waals surface area contributed by atoms with E-state index in [1.165, 1.54) is 21.3 Å². The summed E-state index contributed by atoms with van der Waals surface area (Å²) in [5, 5.41) is 5.47. The second kappa shape index (κ2) is 8.29. The van der Waals surface area contributed by atoms with Gasteiger partial charge in [0.15, 0.2) is 0 Å². The highest BCUT2D eigenvalue weighted by Gasteiger charge is 2.06. The largest absolute Gasteiger partial charge is 0.315 e. The molecular weight excluding hydrogens is 463 g/mol. The van der Waals surface area contributed by atoms with E-state index in [1.807, 2.05) is 18.2 Å². The van der Waals surface area contributed by atoms with Crippen LogP contribution in [-0.2, 0) is 6.54 Å². The number of rotatable bonds is 5. The molecule has 4 aromatic rings. The van der Waals surface area contributed by atoms with Crippen LogP contribution in [0.1, 0.15) is 19.8 Å². The van der Waals surface area contributed by atoms with Gasteiger partial charge < -0.3 is 4.57 Å². The van der Waals surface area contributed by atoms with Gasteiger partial charge in [-0.3, -0.25) is 0 Å². The Hall–Kier alpha value is -1.45. The SMILES string of the molecule is CCCCn1c(=NNc2nc3ccccc3s2)sc2ccccc21.I. The number of hydrogen-bond donors (Lipinski definition) is 1. The molecule has 2 aromatic carbocycles. The fourth-order valence-electron chi connectivity index (χ4n) is 2.65. The van der Waals surface area contributed by atoms with Crippen molar-refractivity contribution >= 4 is 72.2 Å². The lowest BCUT2D eigenvalue weighted by molar-refractivity contribution is 0.633. The molecule has 0 bridgehead atoms. The van der Waals surface area contributed by atoms with Gasteiger partial charge in [0, 0.05) is 6.54 Å². The predicted molar refractivity (Wildman–Crippen MR) is 119 cm³/mol. The minimum atomic E-state index is 0. The van der Waals surface area contributed by atoms with Crippen molar-refractivity contribution in [2.75, 3.05) is 5.43 Å². The first-order chi connectivity index (χ1) is 11.8. The summed E-state index contributed by atoms with van der Waals surface area (Å²) in [5.74, 6) is 0. The zero-order valence-electron chi connectivity index (χ0n) is 13.8. The molecule has 0 aliphatic rings. The van der Waals surface area contributed by atoms with Crippen LogP contribution in [0.5, 0.6) is 0 Å². The lowest BCUT2D eigenvalue weighted by Crippen LogP contribution is -2.16. The number of benzene rings is 2. The molecule has 1 N–H and O–H groups in total. The third kappa shape index (κ3) is 3.88. The molecule has 0 fully saturated rings. The fraction of sp³-hybridized carbons (Fsp3) is 0.222. The number of halogens is 1. The quantitative estimate of drug-likeness (QED) is 0.295. The van der Waals surface area contributed by atoms with E-state index in [2.05, 4.69) is 57.3 Å². The monoisotopic (exact) mass is 482 g/mol. The molecule has 4 rings (SSSR count). The molecule has 0 saturated carbocycles. The number of fused-ring (bicyclic) bond motifs is 2. The fourth-order valence-corrected chi connectivity index (χ4v) is 4.48. The summed E-state index contributed by atoms with van der Waals surface area (Å²) in [7, 11) is 0. The highest BCUT2D eigenvalue weighted by Crippen LogP contribution is 2.25. The first kappa shape index (κ1) is 18.3. The van der Waals surface area contributed by atoms with Crippen molar-refractivity contribution in [1.82, 2.24) is 9.55 Å². The third-order valence-corrected chi connectivity index (χ3v) is 5.86. The highest BCUT2D eigenvalue weighted by atomic mass is 127. The van der Waals surface area contributed by atoms with E-state index in [9.17, 15) is 0 Å². The summed E-state index contributed by atoms with van der Waals surface area (Å²) in [6.45, 7) is 3.20. The molecule has 2 aromatic heterocycles. The Morgan fingerprint density at radius 3 is 2.60 bits per heavy atom. The van der Waals surface area contributed by atoms with Gasteiger partial charge in [-0.2, -0.15) is 0 Å². The van der Waals surface area contributed by atoms with Crippen molar-refractivity contribution in [3.63, 3.8) is 0 Å². The van der Waals surface area contributed by atoms with Gasteiger partial charge in [0.2, 0.25) is 9.93 Å². The van der Waals surface area contributed by atoms with Crippen LogP contribution in [0.3, 0.4) is 0 Å². The van der Waals surface area contributed by atoms with Crippen LogP contribution in [0.4, 0.5) is 5.13 Å². The van der Waals surface area contributed by atoms with Crippen LogP contribution in [-0.4, -0.2) is 9.55 Å². The van der Waals surface area contributed by atoms with Crippen molar-refractivity contribution in [2.24, 2.45) is 5.10 Å². The summed E-state index contributed by atoms with van der Waals surface area (Å²) in [4.78, 5) is 5.57. The maximum absolute atomic E-state index is 4.64. The number of nitrogens with zero attached hydrogens (tertiary/aromatic N) is 3. The molecule has 0 spiro atoms. The molecular formula is C18H19IN4S2. The van der Waals surface area contributed by atoms with Crippen molar-refractivity contribution in [2.45, 2.75) is 26.3 Å². The summed E-state index contributed by atoms with van der Waals surface area (Å²) < 4.78 is 4.73. The molecule has 4 nitrogen and oxygen atoms in total. The lowest BCUT2D eigenvalue weighted by atomic mass is 10.3. The summed E-state index contributed by atoms with van der Waals surface area (Å²) in [6, 6.07) is 16.6. The minimum absolute atomic E-state index is 0. The summed E-state index contributed by atoms with van der Waals surface area (Å²) in [6.07, 6.45) is 2.32. The van der Waals surface area contributed by atoms with Gasteiger partial charge in [0.05, 0.1) is 20.4 Å². The molecule has 0 amide bonds. The minimum Gasteiger partial charge on any atom is -0.315 e. The zero-order valence-corrected chi connectivity index (χ0v) is 17.8. The van der Waals surface area contributed by atoms with E-state index in [1.54, 1.807) is 22.7 Å². The molecule has 0 aliphatic heterocycles. The van der Waals surface area contributed by atoms with Gasteiger partial charge in [-0.05, 0) is 30.7 Å². The Morgan fingerprint density at radius 1 is 1.04 bits per heavy atom. The molecule has 2 heterocycles. The highest BCUT2D eigenvalue weighted by molar-refractivity contribution is 14.0. The van der Waals surface area contributed by atoms with Gasteiger partial charge in [0.1, 0.15) is 0 Å². The Labute approximate surface area is 171 Å². The smallest absolute Gasteiger partial charge is 0.209 e. The van der Waals surface area contributed by atoms with E-state index >= 15 is 0 Å². The van der Waals surface area contributed by atoms with Crippen LogP contribution >= 0.6 is 46.7 Å². The van der Waals surface area contributed by atoms with Crippen LogP contribution in [0, 0.1) is 0 Å². The Morgan fingerprint density at radius 2 is 1.80 bits per heavy atom. The first-order valence-corrected chi connectivity index (χ1v) is 9.72. The number of para-hydroxylation sites is 2. The molecule has 0 saturated heterocycles. The van der Waals surface area contributed by atoms with Crippen LogP contribution < -0.4 is 10.2 Å². The number of anilines is 1. The van der Waals surface area contributed by atoms with Gasteiger partial charge in [0.25, 0.3) is 0 Å². The standard InChI is InChI=1S/C18H18N4S2.HI/c1-2-3-12-22-14-9-5-7-11-16(14)24-18(22)21-20-17-19-13-8-4-6-10-15(13)23-17;/h4-11H,2-3,12H2,1H3,(H,19,20);1H. The number of unbranched alkanes of at least 4 members (excludes halogenated alkanes) is 1. The molecule has 0 unspecified atom stereocenters. The number of nitrogens with one attached hydrogen (secondary N) is 1. The Kier molecular flexibility index (Phi) is 6.08. The molecule has 0 atom stereocenters. The van der Waals surface area contributed by atoms with E-state index < -0.39 is 0 Å². The van der Waals surface area contributed by atoms with Gasteiger partial charge in [-0.1, -0.05) is 60.3 Å². The maximum Gasteiger partial charge on any atom is 0.209 e. The summed E-state index contributed by atoms with van der Waals surface area (Å²) >= 11 is 3.34. The average molecular weight is 482 g/mol. The number of aryl methyl sites for hydroxylation is 1. The van der Waals surface area contributed by atoms with E-state index in [-0.39, 0.29) is 24.0 Å². The van der Waals surface area contributed by atoms with Gasteiger partial charge >= 0.3 is 0 Å². The molecule has 0 radical (unpaired) electrons. The van der Waals surface area contributed by atoms with Gasteiger partial charge in [-0.25, -0.2) is 10.4 Å². The van der Waals surface area contributed by atoms with Crippen molar-refractivity contribution in [1.29, 1.82) is 0 Å². The second-order valence-corrected chi connectivity index (χ2v) is 7.61. The number of aromatic nitrogens is 2. The van der Waals surface area contributed by atoms with Crippen LogP contribution in [0.15, 0.2) is 53.6 Å². The molecule has 25 heavy (non-hydrogen) atoms. The summed E-state index contributed by atoms with van der Waals surface area (Å²) in [5.41, 5.74) is 5.41. The number of hydrogen-bond acceptors (Lipinski definition) is 5. The van der Waals surface area contributed by atoms with Gasteiger partial charge in [-0.15, -0.1) is 29.1 Å². The average Bonchev–Trinajstić information content (AvgIpc) is 3.18.